The molecule has 0 saturated carbocycles. The van der Waals surface area contributed by atoms with Crippen molar-refractivity contribution in [1.82, 2.24) is 14.6 Å². The van der Waals surface area contributed by atoms with Crippen LogP contribution in [-0.2, 0) is 0 Å². The fourth-order valence-electron chi connectivity index (χ4n) is 0.982. The molecule has 0 aliphatic rings. The van der Waals surface area contributed by atoms with Gasteiger partial charge in [0, 0.05) is 6.07 Å². The summed E-state index contributed by atoms with van der Waals surface area (Å²) in [5.74, 6) is 0. The molecule has 0 spiro atoms. The number of hydrogen-bond acceptors (Lipinski definition) is 4. The van der Waals surface area contributed by atoms with Crippen LogP contribution in [0.2, 0.25) is 5.02 Å². The largest absolute Gasteiger partial charge is 0.287 e. The first-order chi connectivity index (χ1) is 6.18. The monoisotopic (exact) mass is 198 g/mol. The molecule has 0 saturated heterocycles. The highest BCUT2D eigenvalue weighted by Crippen LogP contribution is 2.21. The van der Waals surface area contributed by atoms with Gasteiger partial charge in [0.05, 0.1) is 16.1 Å². The van der Waals surface area contributed by atoms with Crippen LogP contribution in [-0.4, -0.2) is 19.5 Å². The van der Waals surface area contributed by atoms with Gasteiger partial charge in [-0.25, -0.2) is 0 Å². The van der Waals surface area contributed by atoms with Crippen LogP contribution in [0.5, 0.6) is 0 Å². The van der Waals surface area contributed by atoms with E-state index in [1.54, 1.807) is 0 Å². The van der Waals surface area contributed by atoms with Crippen LogP contribution in [0, 0.1) is 10.1 Å². The van der Waals surface area contributed by atoms with Crippen LogP contribution in [0.15, 0.2) is 18.6 Å². The lowest BCUT2D eigenvalue weighted by Gasteiger charge is -1.94. The molecule has 0 radical (unpaired) electrons. The van der Waals surface area contributed by atoms with E-state index < -0.39 is 4.92 Å². The molecule has 0 bridgehead atoms. The number of nitro groups is 1. The second kappa shape index (κ2) is 2.67. The van der Waals surface area contributed by atoms with E-state index in [0.717, 1.165) is 0 Å². The Morgan fingerprint density at radius 1 is 1.62 bits per heavy atom. The number of aromatic nitrogens is 3. The molecule has 0 N–H and O–H groups in total. The van der Waals surface area contributed by atoms with Crippen LogP contribution in [0.1, 0.15) is 0 Å². The molecule has 66 valence electrons. The number of pyridine rings is 1. The molecule has 0 unspecified atom stereocenters. The smallest absolute Gasteiger partial charge is 0.281 e. The lowest BCUT2D eigenvalue weighted by Crippen LogP contribution is -1.92. The molecule has 6 nitrogen and oxygen atoms in total. The van der Waals surface area contributed by atoms with Crippen molar-refractivity contribution in [1.29, 1.82) is 0 Å². The molecule has 0 fully saturated rings. The summed E-state index contributed by atoms with van der Waals surface area (Å²) < 4.78 is 1.40. The average Bonchev–Trinajstić information content (AvgIpc) is 2.51. The maximum absolute atomic E-state index is 10.4. The summed E-state index contributed by atoms with van der Waals surface area (Å²) in [4.78, 5) is 9.89. The Hall–Kier alpha value is -1.69. The second-order valence-electron chi connectivity index (χ2n) is 2.37. The van der Waals surface area contributed by atoms with Crippen LogP contribution in [0.3, 0.4) is 0 Å². The molecule has 0 amide bonds. The van der Waals surface area contributed by atoms with Gasteiger partial charge in [0.2, 0.25) is 0 Å². The van der Waals surface area contributed by atoms with Crippen LogP contribution in [0.25, 0.3) is 5.65 Å². The van der Waals surface area contributed by atoms with Crippen LogP contribution >= 0.6 is 11.6 Å². The van der Waals surface area contributed by atoms with Gasteiger partial charge in [-0.2, -0.15) is 0 Å². The maximum atomic E-state index is 10.4. The lowest BCUT2D eigenvalue weighted by atomic mass is 10.4. The first-order valence-corrected chi connectivity index (χ1v) is 3.69. The lowest BCUT2D eigenvalue weighted by molar-refractivity contribution is -0.385. The molecule has 13 heavy (non-hydrogen) atoms. The first kappa shape index (κ1) is 7.93. The van der Waals surface area contributed by atoms with Gasteiger partial charge < -0.3 is 0 Å². The van der Waals surface area contributed by atoms with E-state index in [4.69, 9.17) is 11.6 Å². The van der Waals surface area contributed by atoms with Crippen molar-refractivity contribution >= 4 is 22.9 Å². The van der Waals surface area contributed by atoms with Crippen molar-refractivity contribution in [3.63, 3.8) is 0 Å². The SMILES string of the molecule is O=[N+]([O-])c1cc(Cl)c2nncn2c1. The third-order valence-electron chi connectivity index (χ3n) is 1.54. The van der Waals surface area contributed by atoms with Crippen molar-refractivity contribution in [2.45, 2.75) is 0 Å². The van der Waals surface area contributed by atoms with Gasteiger partial charge in [-0.05, 0) is 0 Å². The van der Waals surface area contributed by atoms with E-state index in [9.17, 15) is 10.1 Å². The van der Waals surface area contributed by atoms with Gasteiger partial charge in [-0.3, -0.25) is 14.5 Å². The summed E-state index contributed by atoms with van der Waals surface area (Å²) in [6, 6.07) is 1.24. The minimum atomic E-state index is -0.522. The zero-order chi connectivity index (χ0) is 9.42. The van der Waals surface area contributed by atoms with E-state index >= 15 is 0 Å². The molecule has 2 aromatic heterocycles. The predicted molar refractivity (Wildman–Crippen MR) is 44.7 cm³/mol. The minimum absolute atomic E-state index is 0.0858. The van der Waals surface area contributed by atoms with Crippen molar-refractivity contribution in [3.8, 4) is 0 Å². The number of hydrogen-bond donors (Lipinski definition) is 0. The quantitative estimate of drug-likeness (QED) is 0.511. The van der Waals surface area contributed by atoms with E-state index in [-0.39, 0.29) is 10.7 Å². The average molecular weight is 199 g/mol. The van der Waals surface area contributed by atoms with E-state index in [1.165, 1.54) is 23.0 Å². The van der Waals surface area contributed by atoms with Crippen LogP contribution < -0.4 is 0 Å². The summed E-state index contributed by atoms with van der Waals surface area (Å²) in [6.45, 7) is 0. The zero-order valence-corrected chi connectivity index (χ0v) is 6.97. The highest BCUT2D eigenvalue weighted by atomic mass is 35.5. The second-order valence-corrected chi connectivity index (χ2v) is 2.77. The summed E-state index contributed by atoms with van der Waals surface area (Å²) in [7, 11) is 0. The highest BCUT2D eigenvalue weighted by Gasteiger charge is 2.11. The van der Waals surface area contributed by atoms with E-state index in [1.807, 2.05) is 0 Å². The van der Waals surface area contributed by atoms with Gasteiger partial charge in [0.15, 0.2) is 5.65 Å². The maximum Gasteiger partial charge on any atom is 0.287 e. The Kier molecular flexibility index (Phi) is 1.63. The summed E-state index contributed by atoms with van der Waals surface area (Å²) in [5, 5.41) is 17.9. The Bertz CT molecular complexity index is 480. The molecule has 0 aliphatic heterocycles. The Morgan fingerprint density at radius 3 is 3.08 bits per heavy atom. The summed E-state index contributed by atoms with van der Waals surface area (Å²) in [5.41, 5.74) is 0.324. The molecule has 2 rings (SSSR count). The highest BCUT2D eigenvalue weighted by molar-refractivity contribution is 6.33. The summed E-state index contributed by atoms with van der Waals surface area (Å²) >= 11 is 5.72. The van der Waals surface area contributed by atoms with Gasteiger partial charge in [0.25, 0.3) is 5.69 Å². The topological polar surface area (TPSA) is 73.3 Å². The predicted octanol–water partition coefficient (Wildman–Crippen LogP) is 1.29. The third-order valence-corrected chi connectivity index (χ3v) is 1.82. The van der Waals surface area contributed by atoms with E-state index in [0.29, 0.717) is 5.65 Å². The molecular weight excluding hydrogens is 196 g/mol. The van der Waals surface area contributed by atoms with Crippen LogP contribution in [0.4, 0.5) is 5.69 Å². The number of nitrogens with zero attached hydrogens (tertiary/aromatic N) is 4. The number of rotatable bonds is 1. The Morgan fingerprint density at radius 2 is 2.38 bits per heavy atom. The number of halogens is 1. The van der Waals surface area contributed by atoms with Gasteiger partial charge in [-0.1, -0.05) is 11.6 Å². The molecule has 0 atom stereocenters. The van der Waals surface area contributed by atoms with Crippen molar-refractivity contribution < 1.29 is 4.92 Å². The van der Waals surface area contributed by atoms with Gasteiger partial charge in [0.1, 0.15) is 6.33 Å². The van der Waals surface area contributed by atoms with Crippen molar-refractivity contribution in [3.05, 3.63) is 33.7 Å². The summed E-state index contributed by atoms with van der Waals surface area (Å²) in [6.07, 6.45) is 2.66. The first-order valence-electron chi connectivity index (χ1n) is 3.32. The van der Waals surface area contributed by atoms with Gasteiger partial charge in [-0.15, -0.1) is 10.2 Å². The fraction of sp³-hybridized carbons (Fsp3) is 0. The Labute approximate surface area is 76.9 Å². The normalized spacial score (nSPS) is 10.5. The minimum Gasteiger partial charge on any atom is -0.281 e. The third kappa shape index (κ3) is 1.20. The van der Waals surface area contributed by atoms with Crippen molar-refractivity contribution in [2.24, 2.45) is 0 Å². The molecule has 0 aromatic carbocycles. The molecular formula is C6H3ClN4O2. The fourth-order valence-corrected chi connectivity index (χ4v) is 1.23. The van der Waals surface area contributed by atoms with Crippen molar-refractivity contribution in [2.75, 3.05) is 0 Å². The number of fused-ring (bicyclic) bond motifs is 1. The molecule has 2 aromatic rings. The molecule has 2 heterocycles. The molecule has 7 heteroatoms. The zero-order valence-electron chi connectivity index (χ0n) is 6.22. The Balaban J connectivity index is 2.77. The van der Waals surface area contributed by atoms with E-state index in [2.05, 4.69) is 10.2 Å². The molecule has 0 aliphatic carbocycles. The standard InChI is InChI=1S/C6H3ClN4O2/c7-5-1-4(11(12)13)2-10-3-8-9-6(5)10/h1-3H. The van der Waals surface area contributed by atoms with Gasteiger partial charge >= 0.3 is 0 Å².